The number of rotatable bonds is 3. The quantitative estimate of drug-likeness (QED) is 0.753. The second kappa shape index (κ2) is 5.19. The number of aromatic nitrogens is 5. The zero-order chi connectivity index (χ0) is 13.1. The van der Waals surface area contributed by atoms with Gasteiger partial charge in [0.2, 0.25) is 0 Å². The van der Waals surface area contributed by atoms with Crippen LogP contribution in [0.25, 0.3) is 0 Å². The van der Waals surface area contributed by atoms with Crippen LogP contribution in [-0.4, -0.2) is 44.7 Å². The fourth-order valence-corrected chi connectivity index (χ4v) is 2.09. The van der Waals surface area contributed by atoms with Crippen LogP contribution in [0.5, 0.6) is 0 Å². The Balaban J connectivity index is 1.66. The molecule has 2 aromatic rings. The highest BCUT2D eigenvalue weighted by Crippen LogP contribution is 2.25. The van der Waals surface area contributed by atoms with E-state index in [1.165, 1.54) is 6.20 Å². The van der Waals surface area contributed by atoms with Gasteiger partial charge in [-0.25, -0.2) is 0 Å². The Kier molecular flexibility index (Phi) is 3.23. The lowest BCUT2D eigenvalue weighted by Gasteiger charge is -2.20. The van der Waals surface area contributed by atoms with Crippen molar-refractivity contribution in [3.63, 3.8) is 0 Å². The lowest BCUT2D eigenvalue weighted by molar-refractivity contribution is 0.0793. The Morgan fingerprint density at radius 1 is 1.47 bits per heavy atom. The molecule has 2 aromatic heterocycles. The number of hydrogen-bond acceptors (Lipinski definition) is 5. The van der Waals surface area contributed by atoms with E-state index in [2.05, 4.69) is 30.9 Å². The van der Waals surface area contributed by atoms with Crippen molar-refractivity contribution in [2.24, 2.45) is 0 Å². The van der Waals surface area contributed by atoms with E-state index in [-0.39, 0.29) is 11.6 Å². The summed E-state index contributed by atoms with van der Waals surface area (Å²) >= 11 is 0. The van der Waals surface area contributed by atoms with Crippen molar-refractivity contribution in [1.82, 2.24) is 25.6 Å². The Morgan fingerprint density at radius 3 is 3.16 bits per heavy atom. The van der Waals surface area contributed by atoms with Crippen molar-refractivity contribution in [2.75, 3.05) is 18.5 Å². The lowest BCUT2D eigenvalue weighted by atomic mass is 9.99. The van der Waals surface area contributed by atoms with Gasteiger partial charge in [0.1, 0.15) is 0 Å². The highest BCUT2D eigenvalue weighted by atomic mass is 16.5. The maximum absolute atomic E-state index is 11.7. The number of H-pyrrole nitrogens is 2. The zero-order valence-electron chi connectivity index (χ0n) is 10.2. The number of aromatic amines is 2. The van der Waals surface area contributed by atoms with Crippen molar-refractivity contribution in [3.8, 4) is 0 Å². The molecule has 1 unspecified atom stereocenters. The summed E-state index contributed by atoms with van der Waals surface area (Å²) in [5.41, 5.74) is 1.21. The maximum Gasteiger partial charge on any atom is 0.279 e. The highest BCUT2D eigenvalue weighted by Gasteiger charge is 2.19. The van der Waals surface area contributed by atoms with Crippen molar-refractivity contribution in [3.05, 3.63) is 23.7 Å². The van der Waals surface area contributed by atoms with Gasteiger partial charge >= 0.3 is 0 Å². The highest BCUT2D eigenvalue weighted by molar-refractivity contribution is 6.01. The molecule has 1 saturated heterocycles. The van der Waals surface area contributed by atoms with E-state index in [1.54, 1.807) is 0 Å². The number of nitrogens with one attached hydrogen (secondary N) is 3. The minimum atomic E-state index is -0.341. The van der Waals surface area contributed by atoms with Gasteiger partial charge in [0, 0.05) is 24.3 Å². The molecule has 1 amide bonds. The van der Waals surface area contributed by atoms with Gasteiger partial charge in [-0.3, -0.25) is 9.89 Å². The summed E-state index contributed by atoms with van der Waals surface area (Å²) < 4.78 is 5.43. The van der Waals surface area contributed by atoms with Gasteiger partial charge in [-0.2, -0.15) is 20.5 Å². The lowest BCUT2D eigenvalue weighted by Crippen LogP contribution is -2.15. The molecule has 3 N–H and O–H groups in total. The molecule has 8 nitrogen and oxygen atoms in total. The average molecular weight is 262 g/mol. The molecular weight excluding hydrogens is 248 g/mol. The fraction of sp³-hybridized carbons (Fsp3) is 0.455. The van der Waals surface area contributed by atoms with Crippen molar-refractivity contribution < 1.29 is 9.53 Å². The minimum absolute atomic E-state index is 0.227. The normalized spacial score (nSPS) is 19.3. The second-order valence-electron chi connectivity index (χ2n) is 4.43. The molecule has 0 spiro atoms. The van der Waals surface area contributed by atoms with E-state index in [9.17, 15) is 4.79 Å². The van der Waals surface area contributed by atoms with Crippen LogP contribution in [0.15, 0.2) is 12.3 Å². The third-order valence-electron chi connectivity index (χ3n) is 3.09. The molecule has 100 valence electrons. The Morgan fingerprint density at radius 2 is 2.42 bits per heavy atom. The smallest absolute Gasteiger partial charge is 0.279 e. The first-order valence-electron chi connectivity index (χ1n) is 6.13. The van der Waals surface area contributed by atoms with E-state index in [0.29, 0.717) is 18.3 Å². The summed E-state index contributed by atoms with van der Waals surface area (Å²) in [4.78, 5) is 11.7. The number of amides is 1. The van der Waals surface area contributed by atoms with Crippen LogP contribution in [-0.2, 0) is 4.74 Å². The largest absolute Gasteiger partial charge is 0.381 e. The van der Waals surface area contributed by atoms with Crippen molar-refractivity contribution in [2.45, 2.75) is 18.8 Å². The van der Waals surface area contributed by atoms with E-state index in [4.69, 9.17) is 4.74 Å². The van der Waals surface area contributed by atoms with E-state index < -0.39 is 0 Å². The maximum atomic E-state index is 11.7. The zero-order valence-corrected chi connectivity index (χ0v) is 10.2. The van der Waals surface area contributed by atoms with Crippen LogP contribution in [0, 0.1) is 0 Å². The molecule has 3 heterocycles. The molecule has 3 rings (SSSR count). The van der Waals surface area contributed by atoms with Gasteiger partial charge in [-0.05, 0) is 12.8 Å². The van der Waals surface area contributed by atoms with E-state index >= 15 is 0 Å². The summed E-state index contributed by atoms with van der Waals surface area (Å²) in [7, 11) is 0. The standard InChI is InChI=1S/C11H14N6O2/c18-11(9-5-12-17-15-9)13-10-4-8(14-16-10)7-2-1-3-19-6-7/h4-5,7H,1-3,6H2,(H,12,15,17)(H2,13,14,16,18). The number of carbonyl (C=O) groups excluding carboxylic acids is 1. The summed E-state index contributed by atoms with van der Waals surface area (Å²) in [6.07, 6.45) is 3.47. The first kappa shape index (κ1) is 11.8. The first-order valence-corrected chi connectivity index (χ1v) is 6.13. The molecule has 8 heteroatoms. The molecule has 19 heavy (non-hydrogen) atoms. The first-order chi connectivity index (χ1) is 9.33. The van der Waals surface area contributed by atoms with Crippen LogP contribution in [0.2, 0.25) is 0 Å². The topological polar surface area (TPSA) is 109 Å². The van der Waals surface area contributed by atoms with Gasteiger partial charge in [0.25, 0.3) is 5.91 Å². The van der Waals surface area contributed by atoms with Gasteiger partial charge in [-0.1, -0.05) is 0 Å². The minimum Gasteiger partial charge on any atom is -0.381 e. The molecule has 1 fully saturated rings. The predicted molar refractivity (Wildman–Crippen MR) is 65.7 cm³/mol. The average Bonchev–Trinajstić information content (AvgIpc) is 3.11. The second-order valence-corrected chi connectivity index (χ2v) is 4.43. The van der Waals surface area contributed by atoms with Gasteiger partial charge in [0.05, 0.1) is 12.8 Å². The fourth-order valence-electron chi connectivity index (χ4n) is 2.09. The molecule has 0 aliphatic carbocycles. The predicted octanol–water partition coefficient (Wildman–Crippen LogP) is 0.674. The monoisotopic (exact) mass is 262 g/mol. The summed E-state index contributed by atoms with van der Waals surface area (Å²) in [5.74, 6) is 0.458. The molecule has 1 atom stereocenters. The molecule has 1 aliphatic heterocycles. The van der Waals surface area contributed by atoms with Crippen molar-refractivity contribution in [1.29, 1.82) is 0 Å². The Hall–Kier alpha value is -2.22. The van der Waals surface area contributed by atoms with Crippen LogP contribution in [0.1, 0.15) is 34.9 Å². The Bertz CT molecular complexity index is 543. The Labute approximate surface area is 108 Å². The van der Waals surface area contributed by atoms with Crippen molar-refractivity contribution >= 4 is 11.7 Å². The number of ether oxygens (including phenoxy) is 1. The number of hydrogen-bond donors (Lipinski definition) is 3. The summed E-state index contributed by atoms with van der Waals surface area (Å²) in [5, 5.41) is 19.3. The van der Waals surface area contributed by atoms with Crippen LogP contribution in [0.4, 0.5) is 5.82 Å². The number of anilines is 1. The third kappa shape index (κ3) is 2.63. The van der Waals surface area contributed by atoms with Crippen LogP contribution in [0.3, 0.4) is 0 Å². The van der Waals surface area contributed by atoms with Gasteiger partial charge < -0.3 is 10.1 Å². The van der Waals surface area contributed by atoms with Gasteiger partial charge in [-0.15, -0.1) is 0 Å². The van der Waals surface area contributed by atoms with E-state index in [1.807, 2.05) is 6.07 Å². The molecule has 1 aliphatic rings. The van der Waals surface area contributed by atoms with Crippen LogP contribution >= 0.6 is 0 Å². The number of carbonyl (C=O) groups is 1. The third-order valence-corrected chi connectivity index (χ3v) is 3.09. The molecule has 0 bridgehead atoms. The van der Waals surface area contributed by atoms with E-state index in [0.717, 1.165) is 25.1 Å². The van der Waals surface area contributed by atoms with Gasteiger partial charge in [0.15, 0.2) is 11.5 Å². The van der Waals surface area contributed by atoms with Crippen LogP contribution < -0.4 is 5.32 Å². The SMILES string of the molecule is O=C(Nc1cc(C2CCCOC2)[nH]n1)c1cn[nH]n1. The molecule has 0 aromatic carbocycles. The summed E-state index contributed by atoms with van der Waals surface area (Å²) in [6.45, 7) is 1.51. The number of nitrogens with zero attached hydrogens (tertiary/aromatic N) is 3. The summed E-state index contributed by atoms with van der Waals surface area (Å²) in [6, 6.07) is 1.83. The molecule has 0 radical (unpaired) electrons. The molecule has 0 saturated carbocycles. The molecular formula is C11H14N6O2.